The van der Waals surface area contributed by atoms with E-state index in [0.717, 1.165) is 6.42 Å². The Kier molecular flexibility index (Phi) is 3.47. The second-order valence-corrected chi connectivity index (χ2v) is 3.49. The Hall–Kier alpha value is -0.640. The summed E-state index contributed by atoms with van der Waals surface area (Å²) in [5, 5.41) is 2.09. The molecule has 0 saturated carbocycles. The summed E-state index contributed by atoms with van der Waals surface area (Å²) in [6.45, 7) is 5.87. The molecule has 0 amide bonds. The molecule has 0 fully saturated rings. The van der Waals surface area contributed by atoms with Gasteiger partial charge < -0.3 is 0 Å². The van der Waals surface area contributed by atoms with Crippen molar-refractivity contribution in [1.82, 2.24) is 5.43 Å². The fourth-order valence-electron chi connectivity index (χ4n) is 1.16. The first-order valence-electron chi connectivity index (χ1n) is 3.98. The third-order valence-corrected chi connectivity index (χ3v) is 2.90. The molecule has 1 unspecified atom stereocenters. The molecule has 2 nitrogen and oxygen atoms in total. The van der Waals surface area contributed by atoms with Crippen LogP contribution in [0.25, 0.3) is 0 Å². The molecular formula is C9H14N2S. The number of nitrogens with one attached hydrogen (secondary N) is 1. The Bertz CT molecular complexity index is 255. The first-order chi connectivity index (χ1) is 5.83. The van der Waals surface area contributed by atoms with Crippen LogP contribution in [0, 0.1) is 0 Å². The molecule has 1 aromatic rings. The van der Waals surface area contributed by atoms with Crippen molar-refractivity contribution in [3.8, 4) is 0 Å². The molecule has 3 heteroatoms. The van der Waals surface area contributed by atoms with Gasteiger partial charge >= 0.3 is 0 Å². The van der Waals surface area contributed by atoms with Crippen LogP contribution in [0.5, 0.6) is 0 Å². The number of aryl methyl sites for hydroxylation is 1. The lowest BCUT2D eigenvalue weighted by atomic mass is 10.1. The average Bonchev–Trinajstić information content (AvgIpc) is 2.55. The molecule has 0 aliphatic heterocycles. The smallest absolute Gasteiger partial charge is 0.0733 e. The molecule has 1 atom stereocenters. The van der Waals surface area contributed by atoms with Gasteiger partial charge in [0, 0.05) is 4.88 Å². The Morgan fingerprint density at radius 2 is 2.58 bits per heavy atom. The number of hydrazine groups is 1. The van der Waals surface area contributed by atoms with Crippen LogP contribution in [0.4, 0.5) is 0 Å². The first kappa shape index (κ1) is 9.45. The van der Waals surface area contributed by atoms with Gasteiger partial charge in [0.25, 0.3) is 0 Å². The lowest BCUT2D eigenvalue weighted by Gasteiger charge is -2.10. The van der Waals surface area contributed by atoms with Crippen molar-refractivity contribution < 1.29 is 0 Å². The van der Waals surface area contributed by atoms with E-state index < -0.39 is 0 Å². The van der Waals surface area contributed by atoms with Crippen LogP contribution in [0.3, 0.4) is 0 Å². The van der Waals surface area contributed by atoms with Crippen LogP contribution in [0.2, 0.25) is 0 Å². The summed E-state index contributed by atoms with van der Waals surface area (Å²) < 4.78 is 0. The average molecular weight is 182 g/mol. The van der Waals surface area contributed by atoms with Crippen molar-refractivity contribution in [1.29, 1.82) is 0 Å². The van der Waals surface area contributed by atoms with E-state index in [1.165, 1.54) is 10.4 Å². The van der Waals surface area contributed by atoms with Crippen molar-refractivity contribution >= 4 is 11.3 Å². The van der Waals surface area contributed by atoms with Gasteiger partial charge in [-0.3, -0.25) is 5.84 Å². The quantitative estimate of drug-likeness (QED) is 0.424. The maximum Gasteiger partial charge on any atom is 0.0733 e. The van der Waals surface area contributed by atoms with E-state index in [1.54, 1.807) is 11.3 Å². The normalized spacial score (nSPS) is 12.8. The van der Waals surface area contributed by atoms with Gasteiger partial charge in [-0.25, -0.2) is 5.43 Å². The van der Waals surface area contributed by atoms with E-state index >= 15 is 0 Å². The number of thiophene rings is 1. The summed E-state index contributed by atoms with van der Waals surface area (Å²) in [4.78, 5) is 1.27. The fraction of sp³-hybridized carbons (Fsp3) is 0.333. The van der Waals surface area contributed by atoms with Gasteiger partial charge in [0.1, 0.15) is 0 Å². The van der Waals surface area contributed by atoms with Gasteiger partial charge in [0.2, 0.25) is 0 Å². The molecule has 12 heavy (non-hydrogen) atoms. The SMILES string of the molecule is C=CC(NN)c1sccc1CC. The van der Waals surface area contributed by atoms with E-state index in [2.05, 4.69) is 30.4 Å². The van der Waals surface area contributed by atoms with Crippen molar-refractivity contribution in [3.63, 3.8) is 0 Å². The van der Waals surface area contributed by atoms with E-state index in [-0.39, 0.29) is 6.04 Å². The maximum absolute atomic E-state index is 5.38. The van der Waals surface area contributed by atoms with E-state index in [0.29, 0.717) is 0 Å². The molecule has 0 spiro atoms. The van der Waals surface area contributed by atoms with Gasteiger partial charge in [0.15, 0.2) is 0 Å². The van der Waals surface area contributed by atoms with Crippen molar-refractivity contribution in [2.24, 2.45) is 5.84 Å². The second kappa shape index (κ2) is 4.40. The largest absolute Gasteiger partial charge is 0.271 e. The highest BCUT2D eigenvalue weighted by Gasteiger charge is 2.10. The standard InChI is InChI=1S/C9H14N2S/c1-3-7-5-6-12-9(7)8(4-2)11-10/h4-6,8,11H,2-3,10H2,1H3. The highest BCUT2D eigenvalue weighted by Crippen LogP contribution is 2.24. The lowest BCUT2D eigenvalue weighted by molar-refractivity contribution is 0.661. The molecule has 0 saturated heterocycles. The zero-order valence-electron chi connectivity index (χ0n) is 7.21. The van der Waals surface area contributed by atoms with Crippen LogP contribution in [-0.2, 0) is 6.42 Å². The fourth-order valence-corrected chi connectivity index (χ4v) is 2.22. The Labute approximate surface area is 77.1 Å². The number of nitrogens with two attached hydrogens (primary N) is 1. The summed E-state index contributed by atoms with van der Waals surface area (Å²) in [5.74, 6) is 5.38. The Morgan fingerprint density at radius 3 is 3.08 bits per heavy atom. The minimum Gasteiger partial charge on any atom is -0.271 e. The number of rotatable bonds is 4. The molecule has 3 N–H and O–H groups in total. The third-order valence-electron chi connectivity index (χ3n) is 1.86. The summed E-state index contributed by atoms with van der Waals surface area (Å²) in [5.41, 5.74) is 4.07. The van der Waals surface area contributed by atoms with Gasteiger partial charge in [0.05, 0.1) is 6.04 Å². The van der Waals surface area contributed by atoms with Crippen LogP contribution in [-0.4, -0.2) is 0 Å². The molecule has 0 radical (unpaired) electrons. The lowest BCUT2D eigenvalue weighted by Crippen LogP contribution is -2.26. The van der Waals surface area contributed by atoms with E-state index in [9.17, 15) is 0 Å². The maximum atomic E-state index is 5.38. The third kappa shape index (κ3) is 1.75. The molecular weight excluding hydrogens is 168 g/mol. The Morgan fingerprint density at radius 1 is 1.83 bits per heavy atom. The van der Waals surface area contributed by atoms with Crippen molar-refractivity contribution in [2.45, 2.75) is 19.4 Å². The van der Waals surface area contributed by atoms with Crippen LogP contribution >= 0.6 is 11.3 Å². The summed E-state index contributed by atoms with van der Waals surface area (Å²) in [6, 6.07) is 2.23. The number of hydrogen-bond acceptors (Lipinski definition) is 3. The van der Waals surface area contributed by atoms with E-state index in [4.69, 9.17) is 5.84 Å². The first-order valence-corrected chi connectivity index (χ1v) is 4.86. The predicted molar refractivity (Wildman–Crippen MR) is 54.0 cm³/mol. The zero-order valence-corrected chi connectivity index (χ0v) is 8.03. The second-order valence-electron chi connectivity index (χ2n) is 2.54. The number of hydrogen-bond donors (Lipinski definition) is 2. The molecule has 0 aliphatic rings. The minimum atomic E-state index is 0.0972. The summed E-state index contributed by atoms with van der Waals surface area (Å²) in [6.07, 6.45) is 2.87. The monoisotopic (exact) mass is 182 g/mol. The van der Waals surface area contributed by atoms with Crippen LogP contribution in [0.1, 0.15) is 23.4 Å². The van der Waals surface area contributed by atoms with Gasteiger partial charge in [-0.05, 0) is 23.4 Å². The zero-order chi connectivity index (χ0) is 8.97. The van der Waals surface area contributed by atoms with Gasteiger partial charge in [-0.1, -0.05) is 13.0 Å². The van der Waals surface area contributed by atoms with Crippen LogP contribution in [0.15, 0.2) is 24.1 Å². The molecule has 0 aliphatic carbocycles. The molecule has 0 bridgehead atoms. The van der Waals surface area contributed by atoms with Gasteiger partial charge in [-0.15, -0.1) is 17.9 Å². The van der Waals surface area contributed by atoms with Gasteiger partial charge in [-0.2, -0.15) is 0 Å². The topological polar surface area (TPSA) is 38.0 Å². The van der Waals surface area contributed by atoms with Crippen molar-refractivity contribution in [3.05, 3.63) is 34.5 Å². The van der Waals surface area contributed by atoms with Crippen molar-refractivity contribution in [2.75, 3.05) is 0 Å². The van der Waals surface area contributed by atoms with E-state index in [1.807, 2.05) is 6.08 Å². The molecule has 1 heterocycles. The molecule has 66 valence electrons. The summed E-state index contributed by atoms with van der Waals surface area (Å²) >= 11 is 1.72. The summed E-state index contributed by atoms with van der Waals surface area (Å²) in [7, 11) is 0. The Balaban J connectivity index is 2.90. The molecule has 1 rings (SSSR count). The predicted octanol–water partition coefficient (Wildman–Crippen LogP) is 2.00. The highest BCUT2D eigenvalue weighted by atomic mass is 32.1. The minimum absolute atomic E-state index is 0.0972. The molecule has 0 aromatic carbocycles. The molecule has 1 aromatic heterocycles. The van der Waals surface area contributed by atoms with Crippen LogP contribution < -0.4 is 11.3 Å². The highest BCUT2D eigenvalue weighted by molar-refractivity contribution is 7.10.